The Balaban J connectivity index is 3.05. The van der Waals surface area contributed by atoms with Crippen LogP contribution in [0.15, 0.2) is 0 Å². The molecule has 0 aliphatic heterocycles. The number of hydrogen-bond acceptors (Lipinski definition) is 9. The molecule has 0 radical (unpaired) electrons. The molecule has 0 aromatic heterocycles. The third-order valence-electron chi connectivity index (χ3n) is 2.97. The number of rotatable bonds is 20. The third-order valence-corrected chi connectivity index (χ3v) is 2.97. The van der Waals surface area contributed by atoms with E-state index in [0.717, 1.165) is 6.42 Å². The van der Waals surface area contributed by atoms with Crippen LogP contribution in [0.4, 0.5) is 0 Å². The molecule has 0 unspecified atom stereocenters. The van der Waals surface area contributed by atoms with Gasteiger partial charge in [0.15, 0.2) is 0 Å². The fourth-order valence-corrected chi connectivity index (χ4v) is 1.72. The maximum Gasteiger partial charge on any atom is 0.305 e. The molecule has 0 atom stereocenters. The van der Waals surface area contributed by atoms with E-state index in [-0.39, 0.29) is 25.2 Å². The van der Waals surface area contributed by atoms with E-state index in [0.29, 0.717) is 72.5 Å². The second kappa shape index (κ2) is 21.0. The minimum Gasteiger partial charge on any atom is -0.463 e. The van der Waals surface area contributed by atoms with Crippen molar-refractivity contribution in [3.05, 3.63) is 0 Å². The predicted octanol–water partition coefficient (Wildman–Crippen LogP) is 0.976. The van der Waals surface area contributed by atoms with Crippen LogP contribution >= 0.6 is 0 Å². The molecular formula is C18H34O9. The highest BCUT2D eigenvalue weighted by molar-refractivity contribution is 5.69. The first kappa shape index (κ1) is 25.7. The highest BCUT2D eigenvalue weighted by atomic mass is 16.6. The highest BCUT2D eigenvalue weighted by Crippen LogP contribution is 1.91. The van der Waals surface area contributed by atoms with E-state index < -0.39 is 0 Å². The normalized spacial score (nSPS) is 10.7. The lowest BCUT2D eigenvalue weighted by Crippen LogP contribution is -2.15. The SMILES string of the molecule is CCCC(=O)OCCOCCOCCOCCOCCOCCOC(C)=O. The zero-order valence-corrected chi connectivity index (χ0v) is 16.6. The van der Waals surface area contributed by atoms with Gasteiger partial charge in [-0.2, -0.15) is 0 Å². The van der Waals surface area contributed by atoms with Crippen LogP contribution in [0.3, 0.4) is 0 Å². The molecule has 0 rings (SSSR count). The molecule has 0 aliphatic carbocycles. The molecule has 0 aromatic rings. The Labute approximate surface area is 161 Å². The summed E-state index contributed by atoms with van der Waals surface area (Å²) in [5.41, 5.74) is 0. The monoisotopic (exact) mass is 394 g/mol. The van der Waals surface area contributed by atoms with E-state index in [9.17, 15) is 9.59 Å². The average Bonchev–Trinajstić information content (AvgIpc) is 2.63. The Morgan fingerprint density at radius 3 is 1.22 bits per heavy atom. The lowest BCUT2D eigenvalue weighted by atomic mass is 10.3. The molecule has 0 saturated heterocycles. The van der Waals surface area contributed by atoms with E-state index >= 15 is 0 Å². The van der Waals surface area contributed by atoms with Crippen LogP contribution in [0.2, 0.25) is 0 Å². The first-order valence-corrected chi connectivity index (χ1v) is 9.34. The first-order valence-electron chi connectivity index (χ1n) is 9.34. The van der Waals surface area contributed by atoms with Crippen LogP contribution < -0.4 is 0 Å². The maximum atomic E-state index is 11.1. The topological polar surface area (TPSA) is 98.8 Å². The van der Waals surface area contributed by atoms with Crippen LogP contribution in [0.25, 0.3) is 0 Å². The number of hydrogen-bond donors (Lipinski definition) is 0. The van der Waals surface area contributed by atoms with E-state index in [1.807, 2.05) is 6.92 Å². The molecule has 0 fully saturated rings. The van der Waals surface area contributed by atoms with Crippen LogP contribution in [0.5, 0.6) is 0 Å². The van der Waals surface area contributed by atoms with Gasteiger partial charge in [-0.3, -0.25) is 9.59 Å². The molecule has 0 aromatic carbocycles. The van der Waals surface area contributed by atoms with Crippen LogP contribution in [0.1, 0.15) is 26.7 Å². The van der Waals surface area contributed by atoms with Crippen molar-refractivity contribution in [2.75, 3.05) is 79.3 Å². The summed E-state index contributed by atoms with van der Waals surface area (Å²) in [4.78, 5) is 21.6. The summed E-state index contributed by atoms with van der Waals surface area (Å²) in [5.74, 6) is -0.501. The van der Waals surface area contributed by atoms with Crippen molar-refractivity contribution in [1.82, 2.24) is 0 Å². The predicted molar refractivity (Wildman–Crippen MR) is 96.6 cm³/mol. The van der Waals surface area contributed by atoms with Gasteiger partial charge in [0.2, 0.25) is 0 Å². The Morgan fingerprint density at radius 1 is 0.556 bits per heavy atom. The summed E-state index contributed by atoms with van der Waals surface area (Å²) >= 11 is 0. The molecule has 0 saturated carbocycles. The van der Waals surface area contributed by atoms with Gasteiger partial charge < -0.3 is 33.2 Å². The van der Waals surface area contributed by atoms with Gasteiger partial charge in [0, 0.05) is 13.3 Å². The molecule has 0 amide bonds. The summed E-state index contributed by atoms with van der Waals surface area (Å²) in [6.07, 6.45) is 1.23. The van der Waals surface area contributed by atoms with Crippen molar-refractivity contribution in [2.45, 2.75) is 26.7 Å². The van der Waals surface area contributed by atoms with E-state index in [1.54, 1.807) is 0 Å². The molecule has 9 nitrogen and oxygen atoms in total. The molecule has 0 bridgehead atoms. The van der Waals surface area contributed by atoms with Crippen molar-refractivity contribution >= 4 is 11.9 Å². The van der Waals surface area contributed by atoms with Crippen LogP contribution in [-0.4, -0.2) is 91.2 Å². The Hall–Kier alpha value is -1.26. The Morgan fingerprint density at radius 2 is 0.889 bits per heavy atom. The summed E-state index contributed by atoms with van der Waals surface area (Å²) in [5, 5.41) is 0. The summed E-state index contributed by atoms with van der Waals surface area (Å²) in [6.45, 7) is 8.32. The molecule has 27 heavy (non-hydrogen) atoms. The third kappa shape index (κ3) is 22.7. The van der Waals surface area contributed by atoms with E-state index in [2.05, 4.69) is 0 Å². The van der Waals surface area contributed by atoms with Gasteiger partial charge in [-0.15, -0.1) is 0 Å². The molecular weight excluding hydrogens is 360 g/mol. The maximum absolute atomic E-state index is 11.1. The zero-order valence-electron chi connectivity index (χ0n) is 16.6. The van der Waals surface area contributed by atoms with Crippen molar-refractivity contribution in [2.24, 2.45) is 0 Å². The minimum atomic E-state index is -0.311. The van der Waals surface area contributed by atoms with Gasteiger partial charge in [0.1, 0.15) is 13.2 Å². The molecule has 0 aliphatic rings. The van der Waals surface area contributed by atoms with Crippen molar-refractivity contribution in [3.63, 3.8) is 0 Å². The van der Waals surface area contributed by atoms with Gasteiger partial charge >= 0.3 is 11.9 Å². The molecule has 9 heteroatoms. The standard InChI is InChI=1S/C18H34O9/c1-3-4-18(20)27-16-14-25-12-10-23-8-6-21-5-7-22-9-11-24-13-15-26-17(2)19/h3-16H2,1-2H3. The molecule has 0 N–H and O–H groups in total. The summed E-state index contributed by atoms with van der Waals surface area (Å²) in [6, 6.07) is 0. The molecule has 160 valence electrons. The smallest absolute Gasteiger partial charge is 0.305 e. The first-order chi connectivity index (χ1) is 13.2. The number of carbonyl (C=O) groups is 2. The van der Waals surface area contributed by atoms with Crippen molar-refractivity contribution in [3.8, 4) is 0 Å². The minimum absolute atomic E-state index is 0.190. The fourth-order valence-electron chi connectivity index (χ4n) is 1.72. The van der Waals surface area contributed by atoms with Gasteiger partial charge in [-0.05, 0) is 6.42 Å². The Bertz CT molecular complexity index is 350. The Kier molecular flexibility index (Phi) is 20.1. The molecule has 0 spiro atoms. The lowest BCUT2D eigenvalue weighted by Gasteiger charge is -2.08. The van der Waals surface area contributed by atoms with Gasteiger partial charge in [-0.1, -0.05) is 6.92 Å². The average molecular weight is 394 g/mol. The highest BCUT2D eigenvalue weighted by Gasteiger charge is 1.99. The lowest BCUT2D eigenvalue weighted by molar-refractivity contribution is -0.145. The summed E-state index contributed by atoms with van der Waals surface area (Å²) < 4.78 is 36.2. The van der Waals surface area contributed by atoms with Gasteiger partial charge in [0.05, 0.1) is 66.1 Å². The number of ether oxygens (including phenoxy) is 7. The second-order valence-corrected chi connectivity index (χ2v) is 5.37. The number of esters is 2. The largest absolute Gasteiger partial charge is 0.463 e. The fraction of sp³-hybridized carbons (Fsp3) is 0.889. The zero-order chi connectivity index (χ0) is 20.0. The summed E-state index contributed by atoms with van der Waals surface area (Å²) in [7, 11) is 0. The van der Waals surface area contributed by atoms with E-state index in [1.165, 1.54) is 6.92 Å². The van der Waals surface area contributed by atoms with E-state index in [4.69, 9.17) is 33.2 Å². The number of carbonyl (C=O) groups excluding carboxylic acids is 2. The van der Waals surface area contributed by atoms with Crippen LogP contribution in [-0.2, 0) is 42.7 Å². The molecule has 0 heterocycles. The van der Waals surface area contributed by atoms with Gasteiger partial charge in [-0.25, -0.2) is 0 Å². The van der Waals surface area contributed by atoms with Gasteiger partial charge in [0.25, 0.3) is 0 Å². The second-order valence-electron chi connectivity index (χ2n) is 5.37. The van der Waals surface area contributed by atoms with Crippen LogP contribution in [0, 0.1) is 0 Å². The quantitative estimate of drug-likeness (QED) is 0.221. The van der Waals surface area contributed by atoms with Crippen molar-refractivity contribution < 1.29 is 42.7 Å². The van der Waals surface area contributed by atoms with Crippen molar-refractivity contribution in [1.29, 1.82) is 0 Å².